The van der Waals surface area contributed by atoms with E-state index in [1.54, 1.807) is 11.3 Å². The summed E-state index contributed by atoms with van der Waals surface area (Å²) in [7, 11) is 0. The number of ether oxygens (including phenoxy) is 1. The van der Waals surface area contributed by atoms with Gasteiger partial charge in [0, 0.05) is 23.0 Å². The molecule has 0 unspecified atom stereocenters. The van der Waals surface area contributed by atoms with Crippen LogP contribution in [0.3, 0.4) is 0 Å². The zero-order chi connectivity index (χ0) is 14.5. The lowest BCUT2D eigenvalue weighted by Gasteiger charge is -2.08. The van der Waals surface area contributed by atoms with Crippen LogP contribution in [-0.4, -0.2) is 6.61 Å². The average Bonchev–Trinajstić information content (AvgIpc) is 2.95. The molecule has 0 aliphatic heterocycles. The van der Waals surface area contributed by atoms with Crippen molar-refractivity contribution < 1.29 is 4.74 Å². The number of hydrogen-bond acceptors (Lipinski definition) is 4. The third-order valence-corrected chi connectivity index (χ3v) is 4.19. The van der Waals surface area contributed by atoms with E-state index in [0.29, 0.717) is 5.75 Å². The molecular weight excluding hydrogens is 280 g/mol. The maximum Gasteiger partial charge on any atom is 0.174 e. The van der Waals surface area contributed by atoms with Gasteiger partial charge in [0.15, 0.2) is 6.61 Å². The highest BCUT2D eigenvalue weighted by Crippen LogP contribution is 2.26. The summed E-state index contributed by atoms with van der Waals surface area (Å²) in [6.07, 6.45) is 0. The van der Waals surface area contributed by atoms with Gasteiger partial charge in [-0.15, -0.1) is 11.3 Å². The number of hydrogen-bond donors (Lipinski definition) is 1. The lowest BCUT2D eigenvalue weighted by atomic mass is 10.2. The van der Waals surface area contributed by atoms with Crippen molar-refractivity contribution in [2.24, 2.45) is 0 Å². The molecule has 4 heteroatoms. The van der Waals surface area contributed by atoms with Crippen LogP contribution in [0.1, 0.15) is 5.56 Å². The van der Waals surface area contributed by atoms with Crippen LogP contribution in [0, 0.1) is 11.3 Å². The predicted octanol–water partition coefficient (Wildman–Crippen LogP) is 4.42. The number of benzene rings is 2. The first-order chi connectivity index (χ1) is 10.4. The maximum atomic E-state index is 8.54. The fourth-order valence-corrected chi connectivity index (χ4v) is 3.14. The number of anilines is 1. The minimum Gasteiger partial charge on any atom is -0.479 e. The number of rotatable bonds is 5. The smallest absolute Gasteiger partial charge is 0.174 e. The monoisotopic (exact) mass is 294 g/mol. The van der Waals surface area contributed by atoms with E-state index in [9.17, 15) is 0 Å². The zero-order valence-electron chi connectivity index (χ0n) is 11.4. The fourth-order valence-electron chi connectivity index (χ4n) is 2.18. The van der Waals surface area contributed by atoms with Gasteiger partial charge in [0.25, 0.3) is 0 Å². The van der Waals surface area contributed by atoms with E-state index in [0.717, 1.165) is 12.2 Å². The first-order valence-electron chi connectivity index (χ1n) is 6.65. The Balaban J connectivity index is 1.71. The first kappa shape index (κ1) is 13.5. The van der Waals surface area contributed by atoms with Crippen molar-refractivity contribution in [3.8, 4) is 11.8 Å². The molecule has 0 fully saturated rings. The summed E-state index contributed by atoms with van der Waals surface area (Å²) in [5.41, 5.74) is 2.28. The van der Waals surface area contributed by atoms with Crippen molar-refractivity contribution in [3.05, 3.63) is 59.5 Å². The Morgan fingerprint density at radius 2 is 2.05 bits per heavy atom. The van der Waals surface area contributed by atoms with Crippen LogP contribution in [0.2, 0.25) is 0 Å². The van der Waals surface area contributed by atoms with Crippen molar-refractivity contribution in [2.75, 3.05) is 11.9 Å². The van der Waals surface area contributed by atoms with E-state index in [4.69, 9.17) is 10.00 Å². The van der Waals surface area contributed by atoms with Crippen LogP contribution in [0.5, 0.6) is 5.75 Å². The second-order valence-electron chi connectivity index (χ2n) is 4.59. The molecule has 2 aromatic carbocycles. The van der Waals surface area contributed by atoms with Gasteiger partial charge in [0.05, 0.1) is 0 Å². The Hall–Kier alpha value is -2.51. The van der Waals surface area contributed by atoms with Crippen LogP contribution in [0.15, 0.2) is 53.9 Å². The van der Waals surface area contributed by atoms with E-state index in [-0.39, 0.29) is 6.61 Å². The Labute approximate surface area is 127 Å². The Morgan fingerprint density at radius 3 is 2.95 bits per heavy atom. The van der Waals surface area contributed by atoms with E-state index in [2.05, 4.69) is 35.0 Å². The molecule has 3 nitrogen and oxygen atoms in total. The van der Waals surface area contributed by atoms with Crippen LogP contribution >= 0.6 is 11.3 Å². The maximum absolute atomic E-state index is 8.54. The topological polar surface area (TPSA) is 45.0 Å². The third kappa shape index (κ3) is 3.15. The minimum atomic E-state index is 0.0681. The van der Waals surface area contributed by atoms with E-state index in [1.807, 2.05) is 30.3 Å². The molecule has 0 amide bonds. The van der Waals surface area contributed by atoms with Crippen molar-refractivity contribution in [2.45, 2.75) is 6.54 Å². The Kier molecular flexibility index (Phi) is 4.04. The van der Waals surface area contributed by atoms with Crippen molar-refractivity contribution in [3.63, 3.8) is 0 Å². The minimum absolute atomic E-state index is 0.0681. The summed E-state index contributed by atoms with van der Waals surface area (Å²) >= 11 is 1.76. The molecule has 21 heavy (non-hydrogen) atoms. The van der Waals surface area contributed by atoms with E-state index in [1.165, 1.54) is 15.6 Å². The van der Waals surface area contributed by atoms with Gasteiger partial charge in [-0.05, 0) is 34.5 Å². The number of thiophene rings is 1. The average molecular weight is 294 g/mol. The van der Waals surface area contributed by atoms with Crippen LogP contribution < -0.4 is 10.1 Å². The molecule has 1 aromatic heterocycles. The number of fused-ring (bicyclic) bond motifs is 1. The summed E-state index contributed by atoms with van der Waals surface area (Å²) < 4.78 is 6.61. The van der Waals surface area contributed by atoms with Gasteiger partial charge in [0.1, 0.15) is 11.8 Å². The number of nitrogens with zero attached hydrogens (tertiary/aromatic N) is 1. The molecule has 3 aromatic rings. The normalized spacial score (nSPS) is 10.2. The molecule has 0 saturated heterocycles. The third-order valence-electron chi connectivity index (χ3n) is 3.18. The molecule has 0 spiro atoms. The first-order valence-corrected chi connectivity index (χ1v) is 7.53. The number of nitriles is 1. The van der Waals surface area contributed by atoms with Gasteiger partial charge in [-0.25, -0.2) is 0 Å². The van der Waals surface area contributed by atoms with E-state index < -0.39 is 0 Å². The molecule has 3 rings (SSSR count). The summed E-state index contributed by atoms with van der Waals surface area (Å²) in [5, 5.41) is 15.4. The zero-order valence-corrected chi connectivity index (χ0v) is 12.2. The summed E-state index contributed by atoms with van der Waals surface area (Å²) in [6, 6.07) is 18.1. The largest absolute Gasteiger partial charge is 0.479 e. The van der Waals surface area contributed by atoms with E-state index >= 15 is 0 Å². The fraction of sp³-hybridized carbons (Fsp3) is 0.118. The highest BCUT2D eigenvalue weighted by Gasteiger charge is 2.03. The summed E-state index contributed by atoms with van der Waals surface area (Å²) in [5.74, 6) is 0.705. The van der Waals surface area contributed by atoms with Crippen LogP contribution in [-0.2, 0) is 6.54 Å². The molecule has 1 heterocycles. The summed E-state index contributed by atoms with van der Waals surface area (Å²) in [6.45, 7) is 0.838. The van der Waals surface area contributed by atoms with Crippen molar-refractivity contribution >= 4 is 27.1 Å². The molecule has 0 atom stereocenters. The molecule has 0 aliphatic rings. The molecule has 0 radical (unpaired) electrons. The SMILES string of the molecule is N#CCOc1cccc(NCc2csc3ccccc23)c1. The highest BCUT2D eigenvalue weighted by molar-refractivity contribution is 7.17. The van der Waals surface area contributed by atoms with Gasteiger partial charge < -0.3 is 10.1 Å². The molecular formula is C17H14N2OS. The lowest BCUT2D eigenvalue weighted by molar-refractivity contribution is 0.368. The van der Waals surface area contributed by atoms with Crippen molar-refractivity contribution in [1.82, 2.24) is 0 Å². The van der Waals surface area contributed by atoms with Crippen LogP contribution in [0.4, 0.5) is 5.69 Å². The Bertz CT molecular complexity index is 789. The lowest BCUT2D eigenvalue weighted by Crippen LogP contribution is -1.99. The van der Waals surface area contributed by atoms with Gasteiger partial charge in [0.2, 0.25) is 0 Å². The quantitative estimate of drug-likeness (QED) is 0.757. The molecule has 0 aliphatic carbocycles. The molecule has 0 bridgehead atoms. The standard InChI is InChI=1S/C17H14N2OS/c18-8-9-20-15-5-3-4-14(10-15)19-11-13-12-21-17-7-2-1-6-16(13)17/h1-7,10,12,19H,9,11H2. The molecule has 0 saturated carbocycles. The molecule has 1 N–H and O–H groups in total. The molecule has 104 valence electrons. The van der Waals surface area contributed by atoms with Gasteiger partial charge in [-0.1, -0.05) is 24.3 Å². The van der Waals surface area contributed by atoms with Gasteiger partial charge in [-0.3, -0.25) is 0 Å². The van der Waals surface area contributed by atoms with Gasteiger partial charge >= 0.3 is 0 Å². The Morgan fingerprint density at radius 1 is 1.14 bits per heavy atom. The van der Waals surface area contributed by atoms with Gasteiger partial charge in [-0.2, -0.15) is 5.26 Å². The van der Waals surface area contributed by atoms with Crippen molar-refractivity contribution in [1.29, 1.82) is 5.26 Å². The predicted molar refractivity (Wildman–Crippen MR) is 86.7 cm³/mol. The second-order valence-corrected chi connectivity index (χ2v) is 5.50. The summed E-state index contributed by atoms with van der Waals surface area (Å²) in [4.78, 5) is 0. The number of nitrogens with one attached hydrogen (secondary N) is 1. The highest BCUT2D eigenvalue weighted by atomic mass is 32.1. The second kappa shape index (κ2) is 6.29. The van der Waals surface area contributed by atoms with Crippen LogP contribution in [0.25, 0.3) is 10.1 Å².